The molecule has 0 amide bonds. The highest BCUT2D eigenvalue weighted by atomic mass is 14.3. The number of fused-ring (bicyclic) bond motifs is 5. The van der Waals surface area contributed by atoms with E-state index in [4.69, 9.17) is 0 Å². The Hall–Kier alpha value is -4.68. The fraction of sp³-hybridized carbons (Fsp3) is 0.265. The summed E-state index contributed by atoms with van der Waals surface area (Å²) in [5.74, 6) is 0. The van der Waals surface area contributed by atoms with E-state index in [0.29, 0.717) is 0 Å². The van der Waals surface area contributed by atoms with E-state index < -0.39 is 0 Å². The van der Waals surface area contributed by atoms with Crippen molar-refractivity contribution in [3.05, 3.63) is 131 Å². The van der Waals surface area contributed by atoms with E-state index in [1.54, 1.807) is 0 Å². The number of hydrogen-bond acceptors (Lipinski definition) is 0. The van der Waals surface area contributed by atoms with Crippen LogP contribution in [0.4, 0.5) is 0 Å². The van der Waals surface area contributed by atoms with E-state index >= 15 is 0 Å². The van der Waals surface area contributed by atoms with E-state index in [1.807, 2.05) is 0 Å². The zero-order chi connectivity index (χ0) is 34.6. The van der Waals surface area contributed by atoms with E-state index in [0.717, 1.165) is 0 Å². The number of rotatable bonds is 2. The monoisotopic (exact) mass is 636 g/mol. The van der Waals surface area contributed by atoms with Crippen LogP contribution in [0, 0.1) is 6.92 Å². The molecule has 0 N–H and O–H groups in total. The molecular weight excluding hydrogens is 589 g/mol. The summed E-state index contributed by atoms with van der Waals surface area (Å²) >= 11 is 0. The van der Waals surface area contributed by atoms with Crippen molar-refractivity contribution >= 4 is 32.3 Å². The topological polar surface area (TPSA) is 0 Å². The third-order valence-corrected chi connectivity index (χ3v) is 11.0. The first kappa shape index (κ1) is 31.6. The van der Waals surface area contributed by atoms with Crippen molar-refractivity contribution in [3.8, 4) is 44.5 Å². The van der Waals surface area contributed by atoms with Gasteiger partial charge in [0.05, 0.1) is 0 Å². The van der Waals surface area contributed by atoms with Gasteiger partial charge in [0.2, 0.25) is 0 Å². The maximum Gasteiger partial charge on any atom is -0.00201 e. The van der Waals surface area contributed by atoms with Gasteiger partial charge in [0.25, 0.3) is 0 Å². The highest BCUT2D eigenvalue weighted by Crippen LogP contribution is 2.52. The minimum absolute atomic E-state index is 0.00314. The fourth-order valence-electron chi connectivity index (χ4n) is 8.23. The largest absolute Gasteiger partial charge is 0.0610 e. The Morgan fingerprint density at radius 3 is 1.59 bits per heavy atom. The lowest BCUT2D eigenvalue weighted by Crippen LogP contribution is -2.14. The highest BCUT2D eigenvalue weighted by molar-refractivity contribution is 6.20. The van der Waals surface area contributed by atoms with Crippen molar-refractivity contribution < 1.29 is 0 Å². The van der Waals surface area contributed by atoms with Gasteiger partial charge in [-0.2, -0.15) is 0 Å². The van der Waals surface area contributed by atoms with Crippen LogP contribution in [-0.2, 0) is 16.2 Å². The van der Waals surface area contributed by atoms with Gasteiger partial charge in [0, 0.05) is 0 Å². The summed E-state index contributed by atoms with van der Waals surface area (Å²) in [6.07, 6.45) is 0. The number of hydrogen-bond donors (Lipinski definition) is 0. The molecule has 1 aliphatic carbocycles. The zero-order valence-electron chi connectivity index (χ0n) is 30.9. The minimum Gasteiger partial charge on any atom is -0.0610 e. The molecule has 0 aromatic heterocycles. The quantitative estimate of drug-likeness (QED) is 0.177. The molecule has 0 heteroatoms. The summed E-state index contributed by atoms with van der Waals surface area (Å²) in [6.45, 7) is 23.1. The van der Waals surface area contributed by atoms with Gasteiger partial charge < -0.3 is 0 Å². The molecule has 0 saturated heterocycles. The summed E-state index contributed by atoms with van der Waals surface area (Å²) in [4.78, 5) is 0. The summed E-state index contributed by atoms with van der Waals surface area (Å²) in [5.41, 5.74) is 16.3. The van der Waals surface area contributed by atoms with Crippen LogP contribution in [0.2, 0.25) is 0 Å². The molecule has 7 aromatic rings. The number of aryl methyl sites for hydroxylation is 1. The van der Waals surface area contributed by atoms with Crippen LogP contribution in [0.15, 0.2) is 109 Å². The summed E-state index contributed by atoms with van der Waals surface area (Å²) < 4.78 is 0. The Balaban J connectivity index is 1.34. The highest BCUT2D eigenvalue weighted by Gasteiger charge is 2.27. The van der Waals surface area contributed by atoms with Crippen LogP contribution in [0.3, 0.4) is 0 Å². The average Bonchev–Trinajstić information content (AvgIpc) is 3.37. The fourth-order valence-corrected chi connectivity index (χ4v) is 8.23. The summed E-state index contributed by atoms with van der Waals surface area (Å²) in [7, 11) is 0. The molecule has 8 rings (SSSR count). The van der Waals surface area contributed by atoms with Crippen molar-refractivity contribution in [2.75, 3.05) is 0 Å². The van der Waals surface area contributed by atoms with Gasteiger partial charge in [-0.3, -0.25) is 0 Å². The van der Waals surface area contributed by atoms with E-state index in [9.17, 15) is 0 Å². The van der Waals surface area contributed by atoms with Crippen molar-refractivity contribution in [2.24, 2.45) is 0 Å². The zero-order valence-corrected chi connectivity index (χ0v) is 30.9. The Morgan fingerprint density at radius 1 is 0.388 bits per heavy atom. The molecular formula is C49H48. The molecule has 0 nitrogen and oxygen atoms in total. The molecule has 49 heavy (non-hydrogen) atoms. The second kappa shape index (κ2) is 10.7. The Labute approximate surface area is 292 Å². The Kier molecular flexibility index (Phi) is 6.87. The predicted molar refractivity (Wildman–Crippen MR) is 215 cm³/mol. The maximum absolute atomic E-state index is 2.45. The average molecular weight is 637 g/mol. The molecule has 0 spiro atoms. The SMILES string of the molecule is Cc1ccc2cc(C(C)(C)C)ccc2c1-c1ccc2c(c1)-c1cccc3c(-c4c(C(C)(C)C)ccc5cc(C(C)(C)C)ccc45)ccc-2c13. The molecule has 0 aliphatic heterocycles. The standard InChI is InChI=1S/C49H48/c1-29-14-15-30-26-33(47(2,3)4)18-21-35(30)44(29)32-16-20-37-40-23-24-41(38-12-11-13-39(45(38)40)42(37)28-32)46-36-22-19-34(48(5,6)7)27-31(36)17-25-43(46)49(8,9)10/h11-28H,1-10H3. The normalized spacial score (nSPS) is 13.1. The van der Waals surface area contributed by atoms with Crippen molar-refractivity contribution in [1.82, 2.24) is 0 Å². The first-order chi connectivity index (χ1) is 23.1. The number of benzene rings is 7. The molecule has 0 bridgehead atoms. The third-order valence-electron chi connectivity index (χ3n) is 11.0. The molecule has 0 saturated carbocycles. The van der Waals surface area contributed by atoms with Gasteiger partial charge in [-0.1, -0.05) is 165 Å². The second-order valence-corrected chi connectivity index (χ2v) is 17.5. The van der Waals surface area contributed by atoms with Crippen molar-refractivity contribution in [2.45, 2.75) is 85.5 Å². The Morgan fingerprint density at radius 2 is 0.959 bits per heavy atom. The summed E-state index contributed by atoms with van der Waals surface area (Å²) in [5, 5.41) is 7.99. The predicted octanol–water partition coefficient (Wildman–Crippen LogP) is 14.3. The van der Waals surface area contributed by atoms with Gasteiger partial charge >= 0.3 is 0 Å². The lowest BCUT2D eigenvalue weighted by molar-refractivity contribution is 0.590. The first-order valence-electron chi connectivity index (χ1n) is 17.9. The lowest BCUT2D eigenvalue weighted by atomic mass is 9.77. The lowest BCUT2D eigenvalue weighted by Gasteiger charge is -2.26. The van der Waals surface area contributed by atoms with Gasteiger partial charge in [-0.05, 0) is 128 Å². The Bertz CT molecular complexity index is 2480. The van der Waals surface area contributed by atoms with E-state index in [2.05, 4.69) is 178 Å². The minimum atomic E-state index is -0.00314. The van der Waals surface area contributed by atoms with Crippen molar-refractivity contribution in [3.63, 3.8) is 0 Å². The molecule has 0 radical (unpaired) electrons. The molecule has 0 heterocycles. The maximum atomic E-state index is 2.45. The van der Waals surface area contributed by atoms with E-state index in [1.165, 1.54) is 99.1 Å². The van der Waals surface area contributed by atoms with Crippen LogP contribution in [0.5, 0.6) is 0 Å². The van der Waals surface area contributed by atoms with Gasteiger partial charge in [-0.15, -0.1) is 0 Å². The first-order valence-corrected chi connectivity index (χ1v) is 17.9. The van der Waals surface area contributed by atoms with Crippen LogP contribution in [-0.4, -0.2) is 0 Å². The second-order valence-electron chi connectivity index (χ2n) is 17.5. The molecule has 244 valence electrons. The van der Waals surface area contributed by atoms with Gasteiger partial charge in [0.15, 0.2) is 0 Å². The molecule has 7 aromatic carbocycles. The van der Waals surface area contributed by atoms with Gasteiger partial charge in [0.1, 0.15) is 0 Å². The van der Waals surface area contributed by atoms with Crippen LogP contribution in [0.1, 0.15) is 84.6 Å². The molecule has 1 aliphatic rings. The van der Waals surface area contributed by atoms with Crippen LogP contribution < -0.4 is 0 Å². The smallest absolute Gasteiger partial charge is 0.00201 e. The van der Waals surface area contributed by atoms with Crippen molar-refractivity contribution in [1.29, 1.82) is 0 Å². The van der Waals surface area contributed by atoms with E-state index in [-0.39, 0.29) is 16.2 Å². The van der Waals surface area contributed by atoms with Crippen LogP contribution in [0.25, 0.3) is 76.8 Å². The molecule has 0 fully saturated rings. The molecule has 0 atom stereocenters. The van der Waals surface area contributed by atoms with Gasteiger partial charge in [-0.25, -0.2) is 0 Å². The summed E-state index contributed by atoms with van der Waals surface area (Å²) in [6, 6.07) is 42.4. The third kappa shape index (κ3) is 5.03. The van der Waals surface area contributed by atoms with Crippen LogP contribution >= 0.6 is 0 Å². The molecule has 0 unspecified atom stereocenters.